The fourth-order valence-electron chi connectivity index (χ4n) is 9.70. The Kier molecular flexibility index (Phi) is 10.6. The molecule has 0 aromatic heterocycles. The number of ether oxygens (including phenoxy) is 2. The van der Waals surface area contributed by atoms with Crippen LogP contribution >= 0.6 is 0 Å². The molecule has 11 nitrogen and oxygen atoms in total. The summed E-state index contributed by atoms with van der Waals surface area (Å²) < 4.78 is 45.0. The van der Waals surface area contributed by atoms with Crippen LogP contribution in [0.2, 0.25) is 0 Å². The molecule has 0 radical (unpaired) electrons. The van der Waals surface area contributed by atoms with Gasteiger partial charge in [0, 0.05) is 62.1 Å². The largest absolute Gasteiger partial charge is 0.370 e. The number of fused-ring (bicyclic) bond motifs is 5. The smallest absolute Gasteiger partial charge is 0.320 e. The number of carbonyl (C=O) groups is 3. The van der Waals surface area contributed by atoms with Crippen LogP contribution in [0.5, 0.6) is 0 Å². The number of amides is 3. The Hall–Kier alpha value is -2.19. The highest BCUT2D eigenvalue weighted by atomic mass is 19.1. The van der Waals surface area contributed by atoms with Gasteiger partial charge in [0.25, 0.3) is 0 Å². The van der Waals surface area contributed by atoms with Crippen LogP contribution in [0.15, 0.2) is 12.7 Å². The highest BCUT2D eigenvalue weighted by molar-refractivity contribution is 5.87. The third-order valence-electron chi connectivity index (χ3n) is 11.8. The molecule has 3 amide bonds. The van der Waals surface area contributed by atoms with E-state index in [0.717, 1.165) is 0 Å². The zero-order chi connectivity index (χ0) is 33.6. The number of nitrogens with one attached hydrogen (secondary N) is 3. The Labute approximate surface area is 277 Å². The van der Waals surface area contributed by atoms with Gasteiger partial charge in [-0.1, -0.05) is 20.4 Å². The number of nitrogens with zero attached hydrogens (tertiary/aromatic N) is 3. The van der Waals surface area contributed by atoms with Crippen molar-refractivity contribution in [1.29, 1.82) is 0 Å². The summed E-state index contributed by atoms with van der Waals surface area (Å²) in [7, 11) is 0. The third-order valence-corrected chi connectivity index (χ3v) is 11.8. The van der Waals surface area contributed by atoms with Gasteiger partial charge in [-0.15, -0.1) is 0 Å². The first-order valence-corrected chi connectivity index (χ1v) is 17.8. The first-order chi connectivity index (χ1) is 22.5. The summed E-state index contributed by atoms with van der Waals surface area (Å²) in [5.74, 6) is -1.75. The van der Waals surface area contributed by atoms with E-state index in [0.29, 0.717) is 58.5 Å². The summed E-state index contributed by atoms with van der Waals surface area (Å²) in [6.45, 7) is 13.9. The van der Waals surface area contributed by atoms with Crippen LogP contribution in [0.25, 0.3) is 0 Å². The van der Waals surface area contributed by atoms with Gasteiger partial charge in [-0.3, -0.25) is 19.8 Å². The number of piperidine rings is 2. The molecule has 264 valence electrons. The average Bonchev–Trinajstić information content (AvgIpc) is 3.05. The van der Waals surface area contributed by atoms with Gasteiger partial charge >= 0.3 is 6.03 Å². The zero-order valence-electron chi connectivity index (χ0n) is 28.3. The molecule has 47 heavy (non-hydrogen) atoms. The lowest BCUT2D eigenvalue weighted by Gasteiger charge is -2.60. The summed E-state index contributed by atoms with van der Waals surface area (Å²) in [6, 6.07) is -1.90. The summed E-state index contributed by atoms with van der Waals surface area (Å²) in [5, 5.41) is 10.5. The standard InChI is InChI=1S/C34H54F2N6O5/c1-6-26(44)40-13-14-41(19(5)16-40)32-21-15-23(36)29-27-22(35)9-8-10-25(27)47-17-24(43)31(46-7-2)20-11-12-37-28(18(3)4)30(20)42(33(21)38-29)34(45)39-32/h6,18-23,25,27-33,37-38H,1,7-17H2,2-5H3,(H,39,45)/t19-,20?,21?,22?,23?,25?,27?,28?,29?,30?,31-,32?,33?/m0/s1. The van der Waals surface area contributed by atoms with Crippen LogP contribution in [0.1, 0.15) is 59.8 Å². The Morgan fingerprint density at radius 3 is 2.62 bits per heavy atom. The maximum atomic E-state index is 16.6. The fraction of sp³-hybridized carbons (Fsp3) is 0.853. The van der Waals surface area contributed by atoms with Gasteiger partial charge in [-0.2, -0.15) is 0 Å². The SMILES string of the molecule is C=CC(=O)N1CCN(C2NC(=O)N3C4NC(C(F)CC42)C2C(F)CCCC2OCC(=O)[C@@H](OCC)C2CCNC(C(C)C)C23)[C@@H](C)C1. The summed E-state index contributed by atoms with van der Waals surface area (Å²) in [5.41, 5.74) is 0. The van der Waals surface area contributed by atoms with Crippen LogP contribution in [0.3, 0.4) is 0 Å². The monoisotopic (exact) mass is 664 g/mol. The number of piperazine rings is 1. The molecule has 5 aliphatic heterocycles. The molecular weight excluding hydrogens is 610 g/mol. The second-order valence-corrected chi connectivity index (χ2v) is 14.8. The van der Waals surface area contributed by atoms with Crippen molar-refractivity contribution in [1.82, 2.24) is 30.7 Å². The highest BCUT2D eigenvalue weighted by Gasteiger charge is 2.59. The topological polar surface area (TPSA) is 115 Å². The van der Waals surface area contributed by atoms with Gasteiger partial charge < -0.3 is 29.9 Å². The van der Waals surface area contributed by atoms with Gasteiger partial charge in [0.2, 0.25) is 5.91 Å². The van der Waals surface area contributed by atoms with E-state index in [1.165, 1.54) is 6.08 Å². The van der Waals surface area contributed by atoms with Crippen LogP contribution in [0.4, 0.5) is 13.6 Å². The van der Waals surface area contributed by atoms with Gasteiger partial charge in [0.1, 0.15) is 25.1 Å². The molecule has 6 rings (SSSR count). The fourth-order valence-corrected chi connectivity index (χ4v) is 9.70. The van der Waals surface area contributed by atoms with Crippen molar-refractivity contribution in [3.8, 4) is 0 Å². The number of hydrogen-bond donors (Lipinski definition) is 3. The van der Waals surface area contributed by atoms with Crippen molar-refractivity contribution in [3.63, 3.8) is 0 Å². The molecule has 11 unspecified atom stereocenters. The minimum atomic E-state index is -1.39. The van der Waals surface area contributed by atoms with E-state index in [1.807, 2.05) is 18.7 Å². The molecule has 0 aromatic rings. The van der Waals surface area contributed by atoms with E-state index in [2.05, 4.69) is 41.3 Å². The maximum Gasteiger partial charge on any atom is 0.320 e. The van der Waals surface area contributed by atoms with E-state index in [9.17, 15) is 14.4 Å². The van der Waals surface area contributed by atoms with Gasteiger partial charge in [-0.25, -0.2) is 13.6 Å². The summed E-state index contributed by atoms with van der Waals surface area (Å²) >= 11 is 0. The average molecular weight is 665 g/mol. The van der Waals surface area contributed by atoms with Crippen molar-refractivity contribution in [2.24, 2.45) is 23.7 Å². The number of urea groups is 1. The lowest BCUT2D eigenvalue weighted by Crippen LogP contribution is -2.80. The molecule has 6 aliphatic rings. The Morgan fingerprint density at radius 1 is 1.13 bits per heavy atom. The lowest BCUT2D eigenvalue weighted by atomic mass is 9.71. The first-order valence-electron chi connectivity index (χ1n) is 17.8. The minimum Gasteiger partial charge on any atom is -0.370 e. The van der Waals surface area contributed by atoms with Gasteiger partial charge in [0.05, 0.1) is 24.5 Å². The molecule has 1 aliphatic carbocycles. The molecule has 13 heteroatoms. The first kappa shape index (κ1) is 34.7. The molecule has 5 saturated heterocycles. The predicted octanol–water partition coefficient (Wildman–Crippen LogP) is 2.21. The molecule has 6 fully saturated rings. The molecule has 5 heterocycles. The Balaban J connectivity index is 1.43. The van der Waals surface area contributed by atoms with E-state index in [-0.39, 0.29) is 60.6 Å². The van der Waals surface area contributed by atoms with Crippen molar-refractivity contribution in [2.75, 3.05) is 39.4 Å². The van der Waals surface area contributed by atoms with E-state index in [4.69, 9.17) is 9.47 Å². The molecule has 0 aromatic carbocycles. The molecule has 3 N–H and O–H groups in total. The maximum absolute atomic E-state index is 16.6. The van der Waals surface area contributed by atoms with Crippen LogP contribution in [-0.4, -0.2) is 133 Å². The highest BCUT2D eigenvalue weighted by Crippen LogP contribution is 2.43. The second kappa shape index (κ2) is 14.3. The molecule has 1 saturated carbocycles. The summed E-state index contributed by atoms with van der Waals surface area (Å²) in [6.07, 6.45) is -1.74. The number of alkyl halides is 2. The van der Waals surface area contributed by atoms with Crippen molar-refractivity contribution >= 4 is 17.7 Å². The predicted molar refractivity (Wildman–Crippen MR) is 172 cm³/mol. The number of Topliss-reactive ketones (excluding diaryl/α,β-unsaturated/α-hetero) is 1. The van der Waals surface area contributed by atoms with Crippen LogP contribution in [-0.2, 0) is 19.1 Å². The van der Waals surface area contributed by atoms with E-state index < -0.39 is 54.9 Å². The number of rotatable bonds is 5. The van der Waals surface area contributed by atoms with Gasteiger partial charge in [-0.05, 0) is 64.5 Å². The quantitative estimate of drug-likeness (QED) is 0.384. The number of ketones is 1. The van der Waals surface area contributed by atoms with Crippen molar-refractivity contribution in [3.05, 3.63) is 12.7 Å². The molecular formula is C34H54F2N6O5. The Morgan fingerprint density at radius 2 is 1.91 bits per heavy atom. The lowest BCUT2D eigenvalue weighted by molar-refractivity contribution is -0.158. The normalized spacial score (nSPS) is 43.3. The number of carbonyl (C=O) groups excluding carboxylic acids is 3. The zero-order valence-corrected chi connectivity index (χ0v) is 28.3. The van der Waals surface area contributed by atoms with Crippen molar-refractivity contribution < 1.29 is 32.6 Å². The molecule has 13 atom stereocenters. The van der Waals surface area contributed by atoms with Crippen molar-refractivity contribution in [2.45, 2.75) is 121 Å². The number of halogens is 2. The van der Waals surface area contributed by atoms with Crippen LogP contribution in [0, 0.1) is 23.7 Å². The molecule has 0 spiro atoms. The summed E-state index contributed by atoms with van der Waals surface area (Å²) in [4.78, 5) is 46.7. The molecule has 2 bridgehead atoms. The minimum absolute atomic E-state index is 0.106. The second-order valence-electron chi connectivity index (χ2n) is 14.8. The Bertz CT molecular complexity index is 1180. The van der Waals surface area contributed by atoms with Gasteiger partial charge in [0.15, 0.2) is 5.78 Å². The van der Waals surface area contributed by atoms with Crippen LogP contribution < -0.4 is 16.0 Å². The third kappa shape index (κ3) is 6.47. The number of hydrogen-bond acceptors (Lipinski definition) is 8. The van der Waals surface area contributed by atoms with E-state index >= 15 is 8.78 Å². The van der Waals surface area contributed by atoms with E-state index in [1.54, 1.807) is 4.90 Å².